The van der Waals surface area contributed by atoms with Crippen molar-refractivity contribution < 1.29 is 57.2 Å². The molecule has 0 aliphatic carbocycles. The monoisotopic (exact) mass is 1520 g/mol. The minimum Gasteiger partial charge on any atom is -0.462 e. The summed E-state index contributed by atoms with van der Waals surface area (Å²) < 4.78 is 34.0. The van der Waals surface area contributed by atoms with Crippen molar-refractivity contribution in [2.75, 3.05) is 26.4 Å². The van der Waals surface area contributed by atoms with Gasteiger partial charge in [-0.15, -0.1) is 0 Å². The maximum Gasteiger partial charge on any atom is 0.306 e. The fraction of sp³-hybridized carbons (Fsp3) is 0.812. The molecule has 0 saturated carbocycles. The number of hydrogen-bond acceptors (Lipinski definition) is 12. The van der Waals surface area contributed by atoms with Gasteiger partial charge in [0.1, 0.15) is 26.4 Å². The normalized spacial score (nSPS) is 12.4. The molecule has 0 aliphatic rings. The van der Waals surface area contributed by atoms with E-state index in [1.165, 1.54) is 180 Å². The van der Waals surface area contributed by atoms with Crippen LogP contribution in [0.25, 0.3) is 0 Å². The van der Waals surface area contributed by atoms with Crippen LogP contribution in [0, 0.1) is 0 Å². The molecule has 0 aromatic heterocycles. The Labute approximate surface area is 665 Å². The summed E-state index contributed by atoms with van der Waals surface area (Å²) >= 11 is 0. The number of carbonyl (C=O) groups is 6. The summed E-state index contributed by atoms with van der Waals surface area (Å²) in [6.45, 7) is 8.52. The van der Waals surface area contributed by atoms with Crippen LogP contribution in [-0.2, 0) is 57.2 Å². The Bertz CT molecular complexity index is 2170. The number of esters is 6. The van der Waals surface area contributed by atoms with Crippen molar-refractivity contribution >= 4 is 35.8 Å². The molecular formula is C96H170O12. The van der Waals surface area contributed by atoms with Crippen molar-refractivity contribution in [2.45, 2.75) is 477 Å². The van der Waals surface area contributed by atoms with Crippen LogP contribution in [0.1, 0.15) is 464 Å². The third kappa shape index (κ3) is 83.7. The number of carbonyl (C=O) groups excluding carboxylic acids is 6. The van der Waals surface area contributed by atoms with E-state index in [4.69, 9.17) is 28.4 Å². The van der Waals surface area contributed by atoms with Crippen LogP contribution in [0.5, 0.6) is 0 Å². The molecule has 0 fully saturated rings. The number of ether oxygens (including phenoxy) is 6. The van der Waals surface area contributed by atoms with Gasteiger partial charge in [0.15, 0.2) is 12.2 Å². The average molecular weight is 1520 g/mol. The minimum atomic E-state index is -0.831. The molecule has 2 atom stereocenters. The highest BCUT2D eigenvalue weighted by Gasteiger charge is 2.22. The molecule has 0 rings (SSSR count). The third-order valence-electron chi connectivity index (χ3n) is 20.3. The smallest absolute Gasteiger partial charge is 0.306 e. The van der Waals surface area contributed by atoms with E-state index in [9.17, 15) is 28.8 Å². The van der Waals surface area contributed by atoms with Crippen molar-refractivity contribution in [1.29, 1.82) is 0 Å². The van der Waals surface area contributed by atoms with Gasteiger partial charge in [0.25, 0.3) is 0 Å². The van der Waals surface area contributed by atoms with E-state index in [0.717, 1.165) is 218 Å². The molecule has 0 amide bonds. The molecule has 0 aromatic carbocycles. The van der Waals surface area contributed by atoms with Gasteiger partial charge in [-0.2, -0.15) is 0 Å². The van der Waals surface area contributed by atoms with Gasteiger partial charge in [0, 0.05) is 38.5 Å². The topological polar surface area (TPSA) is 158 Å². The third-order valence-corrected chi connectivity index (χ3v) is 20.3. The molecule has 0 heterocycles. The first-order chi connectivity index (χ1) is 53.1. The second-order valence-electron chi connectivity index (χ2n) is 31.0. The second-order valence-corrected chi connectivity index (χ2v) is 31.0. The molecule has 0 radical (unpaired) electrons. The van der Waals surface area contributed by atoms with Crippen molar-refractivity contribution in [3.63, 3.8) is 0 Å². The highest BCUT2D eigenvalue weighted by atomic mass is 16.6. The van der Waals surface area contributed by atoms with Crippen LogP contribution in [0.2, 0.25) is 0 Å². The maximum absolute atomic E-state index is 13.0. The Morgan fingerprint density at radius 3 is 0.537 bits per heavy atom. The highest BCUT2D eigenvalue weighted by molar-refractivity contribution is 5.72. The first-order valence-corrected chi connectivity index (χ1v) is 46.1. The molecule has 0 N–H and O–H groups in total. The van der Waals surface area contributed by atoms with E-state index in [1.807, 2.05) is 0 Å². The molecule has 0 spiro atoms. The second kappa shape index (κ2) is 87.8. The lowest BCUT2D eigenvalue weighted by Crippen LogP contribution is -2.30. The number of rotatable bonds is 85. The lowest BCUT2D eigenvalue weighted by molar-refractivity contribution is -0.167. The quantitative estimate of drug-likeness (QED) is 0.0246. The molecule has 626 valence electrons. The molecule has 12 nitrogen and oxygen atoms in total. The Morgan fingerprint density at radius 1 is 0.185 bits per heavy atom. The van der Waals surface area contributed by atoms with Gasteiger partial charge in [0.2, 0.25) is 0 Å². The summed E-state index contributed by atoms with van der Waals surface area (Å²) in [6, 6.07) is 0. The Kier molecular flexibility index (Phi) is 84.0. The molecule has 0 aliphatic heterocycles. The van der Waals surface area contributed by atoms with Gasteiger partial charge in [-0.1, -0.05) is 345 Å². The standard InChI is InChI=1S/C96H170O12/c1-5-9-13-17-21-25-29-33-37-43-49-55-61-67-73-79-91(97)103-85-89(107-95(101)83-77-71-65-59-53-47-39-35-31-27-23-19-15-11-7-3)87-105-93(99)81-75-69-63-57-51-45-41-42-46-52-58-64-70-76-82-94(100)106-88-90(108-96(102)84-78-72-66-60-54-48-40-36-32-28-24-20-16-12-8-4)86-104-92(98)80-74-68-62-56-50-44-38-34-30-26-22-18-14-10-6-2/h23-24,27-28,33,35-37,39-42,89-90H,5-22,25-26,29-32,34,38,43-88H2,1-4H3. The summed E-state index contributed by atoms with van der Waals surface area (Å²) in [6.07, 6.45) is 97.9. The Balaban J connectivity index is 4.69. The van der Waals surface area contributed by atoms with Crippen LogP contribution >= 0.6 is 0 Å². The van der Waals surface area contributed by atoms with Crippen molar-refractivity contribution in [1.82, 2.24) is 0 Å². The van der Waals surface area contributed by atoms with Gasteiger partial charge < -0.3 is 28.4 Å². The fourth-order valence-corrected chi connectivity index (χ4v) is 13.3. The van der Waals surface area contributed by atoms with E-state index in [0.29, 0.717) is 25.7 Å². The predicted molar refractivity (Wildman–Crippen MR) is 455 cm³/mol. The summed E-state index contributed by atoms with van der Waals surface area (Å²) in [5.74, 6) is -1.97. The molecule has 108 heavy (non-hydrogen) atoms. The number of hydrogen-bond donors (Lipinski definition) is 0. The maximum atomic E-state index is 13.0. The summed E-state index contributed by atoms with van der Waals surface area (Å²) in [5.41, 5.74) is 0. The van der Waals surface area contributed by atoms with Crippen LogP contribution in [0.4, 0.5) is 0 Å². The van der Waals surface area contributed by atoms with Crippen LogP contribution < -0.4 is 0 Å². The van der Waals surface area contributed by atoms with Crippen LogP contribution in [-0.4, -0.2) is 74.5 Å². The molecular weight excluding hydrogens is 1350 g/mol. The van der Waals surface area contributed by atoms with Gasteiger partial charge >= 0.3 is 35.8 Å². The van der Waals surface area contributed by atoms with Gasteiger partial charge in [-0.3, -0.25) is 28.8 Å². The Morgan fingerprint density at radius 2 is 0.333 bits per heavy atom. The lowest BCUT2D eigenvalue weighted by Gasteiger charge is -2.18. The van der Waals surface area contributed by atoms with Crippen molar-refractivity contribution in [2.24, 2.45) is 0 Å². The van der Waals surface area contributed by atoms with E-state index in [1.54, 1.807) is 0 Å². The van der Waals surface area contributed by atoms with E-state index in [-0.39, 0.29) is 75.1 Å². The molecule has 0 saturated heterocycles. The molecule has 0 aromatic rings. The lowest BCUT2D eigenvalue weighted by atomic mass is 10.0. The van der Waals surface area contributed by atoms with Gasteiger partial charge in [-0.05, 0) is 154 Å². The zero-order valence-corrected chi connectivity index (χ0v) is 70.9. The van der Waals surface area contributed by atoms with E-state index in [2.05, 4.69) is 101 Å². The van der Waals surface area contributed by atoms with Crippen molar-refractivity contribution in [3.8, 4) is 0 Å². The van der Waals surface area contributed by atoms with E-state index >= 15 is 0 Å². The summed E-state index contributed by atoms with van der Waals surface area (Å²) in [7, 11) is 0. The number of allylic oxidation sites excluding steroid dienone is 12. The first kappa shape index (κ1) is 103. The summed E-state index contributed by atoms with van der Waals surface area (Å²) in [5, 5.41) is 0. The Hall–Kier alpha value is -4.74. The molecule has 2 unspecified atom stereocenters. The first-order valence-electron chi connectivity index (χ1n) is 46.1. The van der Waals surface area contributed by atoms with Crippen molar-refractivity contribution in [3.05, 3.63) is 72.9 Å². The molecule has 0 bridgehead atoms. The number of unbranched alkanes of at least 4 members (excludes halogenated alkanes) is 51. The largest absolute Gasteiger partial charge is 0.462 e. The zero-order valence-electron chi connectivity index (χ0n) is 70.9. The highest BCUT2D eigenvalue weighted by Crippen LogP contribution is 2.19. The molecule has 12 heteroatoms. The fourth-order valence-electron chi connectivity index (χ4n) is 13.3. The van der Waals surface area contributed by atoms with Crippen LogP contribution in [0.3, 0.4) is 0 Å². The predicted octanol–water partition coefficient (Wildman–Crippen LogP) is 28.9. The minimum absolute atomic E-state index is 0.113. The summed E-state index contributed by atoms with van der Waals surface area (Å²) in [4.78, 5) is 77.3. The van der Waals surface area contributed by atoms with Gasteiger partial charge in [0.05, 0.1) is 0 Å². The SMILES string of the molecule is CCCCCC=CCC=CCCCCCCCC(=O)OC(COC(=O)CCCCCCCC=CCCCCCCCC)COC(=O)CCCCCCCC=CCCCCCCCC(=O)OCC(COC(=O)CCCCCCCCCCCCCCCCC)OC(=O)CCCCCCCC=CCC=CCCCCC. The van der Waals surface area contributed by atoms with E-state index < -0.39 is 12.2 Å². The van der Waals surface area contributed by atoms with Crippen LogP contribution in [0.15, 0.2) is 72.9 Å². The zero-order chi connectivity index (χ0) is 78.3. The van der Waals surface area contributed by atoms with Gasteiger partial charge in [-0.25, -0.2) is 0 Å². The average Bonchev–Trinajstić information content (AvgIpc) is 0.958.